The van der Waals surface area contributed by atoms with Crippen molar-refractivity contribution in [2.24, 2.45) is 0 Å². The van der Waals surface area contributed by atoms with Crippen LogP contribution in [0.1, 0.15) is 24.9 Å². The smallest absolute Gasteiger partial charge is 0.304 e. The lowest BCUT2D eigenvalue weighted by atomic mass is 9.99. The number of carboxylic acids is 1. The first-order valence-electron chi connectivity index (χ1n) is 8.43. The van der Waals surface area contributed by atoms with E-state index in [2.05, 4.69) is 4.98 Å². The van der Waals surface area contributed by atoms with Gasteiger partial charge in [-0.3, -0.25) is 4.79 Å². The molecule has 1 aromatic heterocycles. The van der Waals surface area contributed by atoms with Crippen molar-refractivity contribution in [1.29, 1.82) is 0 Å². The molecule has 0 fully saturated rings. The molecule has 2 N–H and O–H groups in total. The standard InChI is InChI=1S/C19H17FN2O4S/c1-11-15-8-12(16-10-21-17-9-13(20)3-4-14(16)17)2-5-18(15)27(25,26)22(11)7-6-19(23)24/h2-5,8-11,21H,6-7H2,1H3,(H,23,24). The van der Waals surface area contributed by atoms with E-state index in [1.165, 1.54) is 16.4 Å². The predicted octanol–water partition coefficient (Wildman–Crippen LogP) is 3.51. The van der Waals surface area contributed by atoms with Crippen LogP contribution in [0, 0.1) is 5.82 Å². The minimum atomic E-state index is -3.71. The normalized spacial score (nSPS) is 18.7. The third-order valence-electron chi connectivity index (χ3n) is 4.98. The Morgan fingerprint density at radius 2 is 2.04 bits per heavy atom. The summed E-state index contributed by atoms with van der Waals surface area (Å²) >= 11 is 0. The van der Waals surface area contributed by atoms with Crippen molar-refractivity contribution in [3.63, 3.8) is 0 Å². The number of benzene rings is 2. The maximum Gasteiger partial charge on any atom is 0.304 e. The first kappa shape index (κ1) is 17.7. The van der Waals surface area contributed by atoms with Crippen LogP contribution in [0.3, 0.4) is 0 Å². The number of hydrogen-bond acceptors (Lipinski definition) is 3. The zero-order valence-electron chi connectivity index (χ0n) is 14.4. The lowest BCUT2D eigenvalue weighted by molar-refractivity contribution is -0.137. The van der Waals surface area contributed by atoms with Gasteiger partial charge in [0.25, 0.3) is 0 Å². The van der Waals surface area contributed by atoms with Crippen molar-refractivity contribution < 1.29 is 22.7 Å². The zero-order chi connectivity index (χ0) is 19.3. The van der Waals surface area contributed by atoms with Gasteiger partial charge >= 0.3 is 5.97 Å². The summed E-state index contributed by atoms with van der Waals surface area (Å²) in [6, 6.07) is 9.11. The van der Waals surface area contributed by atoms with Crippen LogP contribution >= 0.6 is 0 Å². The Morgan fingerprint density at radius 1 is 1.26 bits per heavy atom. The van der Waals surface area contributed by atoms with Gasteiger partial charge in [0.05, 0.1) is 11.3 Å². The van der Waals surface area contributed by atoms with Crippen LogP contribution in [0.5, 0.6) is 0 Å². The SMILES string of the molecule is CC1c2cc(-c3c[nH]c4cc(F)ccc34)ccc2S(=O)(=O)N1CCC(=O)O. The molecule has 0 spiro atoms. The molecule has 0 amide bonds. The van der Waals surface area contributed by atoms with Gasteiger partial charge in [-0.1, -0.05) is 6.07 Å². The number of H-pyrrole nitrogens is 1. The van der Waals surface area contributed by atoms with Crippen molar-refractivity contribution >= 4 is 26.9 Å². The number of carboxylic acid groups (broad SMARTS) is 1. The molecule has 1 aliphatic rings. The Morgan fingerprint density at radius 3 is 2.78 bits per heavy atom. The summed E-state index contributed by atoms with van der Waals surface area (Å²) in [5, 5.41) is 9.73. The average molecular weight is 388 g/mol. The van der Waals surface area contributed by atoms with Crippen molar-refractivity contribution in [3.05, 3.63) is 54.0 Å². The number of halogens is 1. The summed E-state index contributed by atoms with van der Waals surface area (Å²) in [4.78, 5) is 14.1. The highest BCUT2D eigenvalue weighted by molar-refractivity contribution is 7.89. The fourth-order valence-electron chi connectivity index (χ4n) is 3.62. The molecule has 2 heterocycles. The molecule has 0 saturated carbocycles. The highest BCUT2D eigenvalue weighted by Gasteiger charge is 2.40. The van der Waals surface area contributed by atoms with E-state index in [0.717, 1.165) is 16.5 Å². The van der Waals surface area contributed by atoms with Gasteiger partial charge in [-0.25, -0.2) is 12.8 Å². The molecule has 1 unspecified atom stereocenters. The number of hydrogen-bond donors (Lipinski definition) is 2. The van der Waals surface area contributed by atoms with E-state index in [4.69, 9.17) is 5.11 Å². The quantitative estimate of drug-likeness (QED) is 0.716. The first-order valence-corrected chi connectivity index (χ1v) is 9.87. The lowest BCUT2D eigenvalue weighted by Crippen LogP contribution is -2.29. The largest absolute Gasteiger partial charge is 0.481 e. The Hall–Kier alpha value is -2.71. The van der Waals surface area contributed by atoms with Gasteiger partial charge in [-0.05, 0) is 48.4 Å². The number of rotatable bonds is 4. The molecular weight excluding hydrogens is 371 g/mol. The lowest BCUT2D eigenvalue weighted by Gasteiger charge is -2.18. The van der Waals surface area contributed by atoms with Crippen LogP contribution in [0.4, 0.5) is 4.39 Å². The molecule has 2 aromatic carbocycles. The van der Waals surface area contributed by atoms with Crippen LogP contribution in [0.25, 0.3) is 22.0 Å². The predicted molar refractivity (Wildman–Crippen MR) is 98.3 cm³/mol. The van der Waals surface area contributed by atoms with Crippen LogP contribution in [0.15, 0.2) is 47.5 Å². The number of aliphatic carboxylic acids is 1. The molecule has 4 rings (SSSR count). The molecule has 6 nitrogen and oxygen atoms in total. The van der Waals surface area contributed by atoms with Crippen molar-refractivity contribution in [3.8, 4) is 11.1 Å². The monoisotopic (exact) mass is 388 g/mol. The van der Waals surface area contributed by atoms with Crippen LogP contribution in [-0.2, 0) is 14.8 Å². The summed E-state index contributed by atoms with van der Waals surface area (Å²) in [7, 11) is -3.71. The number of nitrogens with zero attached hydrogens (tertiary/aromatic N) is 1. The fraction of sp³-hybridized carbons (Fsp3) is 0.211. The van der Waals surface area contributed by atoms with E-state index >= 15 is 0 Å². The van der Waals surface area contributed by atoms with Crippen molar-refractivity contribution in [2.75, 3.05) is 6.54 Å². The Balaban J connectivity index is 1.78. The molecule has 0 aliphatic carbocycles. The van der Waals surface area contributed by atoms with E-state index < -0.39 is 22.0 Å². The molecule has 1 aliphatic heterocycles. The molecule has 0 bridgehead atoms. The van der Waals surface area contributed by atoms with E-state index in [0.29, 0.717) is 11.1 Å². The van der Waals surface area contributed by atoms with Gasteiger partial charge in [-0.2, -0.15) is 4.31 Å². The average Bonchev–Trinajstić information content (AvgIpc) is 3.10. The Bertz CT molecular complexity index is 1170. The minimum absolute atomic E-state index is 0.0742. The van der Waals surface area contributed by atoms with E-state index in [-0.39, 0.29) is 23.7 Å². The maximum absolute atomic E-state index is 13.4. The molecule has 0 radical (unpaired) electrons. The van der Waals surface area contributed by atoms with E-state index in [1.807, 2.05) is 6.07 Å². The second kappa shape index (κ2) is 6.17. The Kier molecular flexibility index (Phi) is 4.05. The number of carbonyl (C=O) groups is 1. The summed E-state index contributed by atoms with van der Waals surface area (Å²) in [6.07, 6.45) is 1.51. The highest BCUT2D eigenvalue weighted by atomic mass is 32.2. The highest BCUT2D eigenvalue weighted by Crippen LogP contribution is 2.42. The van der Waals surface area contributed by atoms with Crippen LogP contribution in [0.2, 0.25) is 0 Å². The minimum Gasteiger partial charge on any atom is -0.481 e. The number of aromatic nitrogens is 1. The second-order valence-electron chi connectivity index (χ2n) is 6.58. The maximum atomic E-state index is 13.4. The van der Waals surface area contributed by atoms with Gasteiger partial charge in [0, 0.05) is 35.2 Å². The number of aromatic amines is 1. The van der Waals surface area contributed by atoms with Gasteiger partial charge < -0.3 is 10.1 Å². The number of fused-ring (bicyclic) bond motifs is 2. The number of sulfonamides is 1. The third kappa shape index (κ3) is 2.81. The van der Waals surface area contributed by atoms with Crippen molar-refractivity contribution in [2.45, 2.75) is 24.3 Å². The summed E-state index contributed by atoms with van der Waals surface area (Å²) in [5.74, 6) is -1.38. The van der Waals surface area contributed by atoms with Crippen molar-refractivity contribution in [1.82, 2.24) is 9.29 Å². The summed E-state index contributed by atoms with van der Waals surface area (Å²) in [5.41, 5.74) is 2.96. The molecule has 1 atom stereocenters. The van der Waals surface area contributed by atoms with E-state index in [1.54, 1.807) is 31.3 Å². The fourth-order valence-corrected chi connectivity index (χ4v) is 5.51. The molecule has 140 valence electrons. The first-order chi connectivity index (χ1) is 12.8. The van der Waals surface area contributed by atoms with E-state index in [9.17, 15) is 17.6 Å². The van der Waals surface area contributed by atoms with Crippen LogP contribution < -0.4 is 0 Å². The summed E-state index contributed by atoms with van der Waals surface area (Å²) in [6.45, 7) is 1.68. The molecule has 0 saturated heterocycles. The summed E-state index contributed by atoms with van der Waals surface area (Å²) < 4.78 is 40.1. The molecule has 27 heavy (non-hydrogen) atoms. The van der Waals surface area contributed by atoms with Gasteiger partial charge in [0.15, 0.2) is 0 Å². The van der Waals surface area contributed by atoms with Gasteiger partial charge in [0.2, 0.25) is 10.0 Å². The van der Waals surface area contributed by atoms with Gasteiger partial charge in [-0.15, -0.1) is 0 Å². The number of nitrogens with one attached hydrogen (secondary N) is 1. The molecule has 3 aromatic rings. The molecular formula is C19H17FN2O4S. The Labute approximate surface area is 155 Å². The molecule has 8 heteroatoms. The van der Waals surface area contributed by atoms with Gasteiger partial charge in [0.1, 0.15) is 5.82 Å². The topological polar surface area (TPSA) is 90.5 Å². The second-order valence-corrected chi connectivity index (χ2v) is 8.44. The third-order valence-corrected chi connectivity index (χ3v) is 7.02. The van der Waals surface area contributed by atoms with Crippen LogP contribution in [-0.4, -0.2) is 35.3 Å². The zero-order valence-corrected chi connectivity index (χ0v) is 15.3.